The number of aliphatic hydroxyl groups excluding tert-OH is 1. The van der Waals surface area contributed by atoms with Gasteiger partial charge in [0.05, 0.1) is 0 Å². The van der Waals surface area contributed by atoms with Gasteiger partial charge in [0.1, 0.15) is 0 Å². The molecule has 0 aromatic rings. The van der Waals surface area contributed by atoms with Gasteiger partial charge in [-0.05, 0) is 26.4 Å². The topological polar surface area (TPSA) is 32.3 Å². The Labute approximate surface area is 96.5 Å². The van der Waals surface area contributed by atoms with Gasteiger partial charge >= 0.3 is 0 Å². The van der Waals surface area contributed by atoms with E-state index in [1.165, 1.54) is 45.1 Å². The summed E-state index contributed by atoms with van der Waals surface area (Å²) in [5.74, 6) is 0. The van der Waals surface area contributed by atoms with Crippen LogP contribution in [0.5, 0.6) is 0 Å². The highest BCUT2D eigenvalue weighted by Crippen LogP contribution is 2.03. The maximum absolute atomic E-state index is 8.07. The lowest BCUT2D eigenvalue weighted by atomic mass is 10.1. The molecule has 94 valence electrons. The Bertz CT molecular complexity index is 76.6. The molecule has 0 rings (SSSR count). The maximum Gasteiger partial charge on any atom is 0.0430 e. The van der Waals surface area contributed by atoms with Crippen molar-refractivity contribution in [2.24, 2.45) is 0 Å². The van der Waals surface area contributed by atoms with Gasteiger partial charge in [-0.15, -0.1) is 0 Å². The van der Waals surface area contributed by atoms with Crippen molar-refractivity contribution in [3.63, 3.8) is 0 Å². The second-order valence-electron chi connectivity index (χ2n) is 3.95. The van der Waals surface area contributed by atoms with Crippen molar-refractivity contribution in [1.82, 2.24) is 5.32 Å². The van der Waals surface area contributed by atoms with Gasteiger partial charge in [0.2, 0.25) is 0 Å². The molecule has 0 atom stereocenters. The summed E-state index contributed by atoms with van der Waals surface area (Å²) in [6, 6.07) is 0. The molecule has 0 saturated carbocycles. The maximum atomic E-state index is 8.07. The first-order valence-electron chi connectivity index (χ1n) is 6.58. The Morgan fingerprint density at radius 2 is 1.33 bits per heavy atom. The SMILES string of the molecule is CCCCCCCCNC.CCCCO. The van der Waals surface area contributed by atoms with Crippen LogP contribution in [0.2, 0.25) is 0 Å². The van der Waals surface area contributed by atoms with E-state index >= 15 is 0 Å². The zero-order chi connectivity index (χ0) is 11.8. The smallest absolute Gasteiger partial charge is 0.0430 e. The number of hydrogen-bond donors (Lipinski definition) is 2. The number of hydrogen-bond acceptors (Lipinski definition) is 2. The van der Waals surface area contributed by atoms with E-state index in [0.29, 0.717) is 6.61 Å². The molecule has 0 aromatic heterocycles. The van der Waals surface area contributed by atoms with Crippen LogP contribution in [-0.4, -0.2) is 25.3 Å². The molecule has 15 heavy (non-hydrogen) atoms. The molecule has 2 heteroatoms. The molecule has 0 aliphatic carbocycles. The molecular weight excluding hydrogens is 186 g/mol. The van der Waals surface area contributed by atoms with Crippen LogP contribution in [0, 0.1) is 0 Å². The molecule has 0 aliphatic heterocycles. The van der Waals surface area contributed by atoms with Crippen LogP contribution in [0.3, 0.4) is 0 Å². The Balaban J connectivity index is 0. The molecule has 0 aromatic carbocycles. The Morgan fingerprint density at radius 3 is 1.73 bits per heavy atom. The van der Waals surface area contributed by atoms with Gasteiger partial charge in [0, 0.05) is 6.61 Å². The first-order chi connectivity index (χ1) is 7.33. The first kappa shape index (κ1) is 17.3. The zero-order valence-electron chi connectivity index (χ0n) is 11.0. The minimum absolute atomic E-state index is 0.344. The third-order valence-electron chi connectivity index (χ3n) is 2.29. The van der Waals surface area contributed by atoms with Crippen LogP contribution in [0.4, 0.5) is 0 Å². The highest BCUT2D eigenvalue weighted by molar-refractivity contribution is 4.45. The zero-order valence-corrected chi connectivity index (χ0v) is 11.0. The van der Waals surface area contributed by atoms with Gasteiger partial charge in [-0.3, -0.25) is 0 Å². The summed E-state index contributed by atoms with van der Waals surface area (Å²) >= 11 is 0. The van der Waals surface area contributed by atoms with Crippen molar-refractivity contribution in [3.05, 3.63) is 0 Å². The second-order valence-corrected chi connectivity index (χ2v) is 3.95. The molecule has 0 aliphatic rings. The highest BCUT2D eigenvalue weighted by Gasteiger charge is 1.87. The van der Waals surface area contributed by atoms with E-state index in [4.69, 9.17) is 5.11 Å². The molecular formula is C13H31NO. The molecule has 2 N–H and O–H groups in total. The van der Waals surface area contributed by atoms with Crippen molar-refractivity contribution >= 4 is 0 Å². The molecule has 0 bridgehead atoms. The molecule has 0 saturated heterocycles. The van der Waals surface area contributed by atoms with E-state index < -0.39 is 0 Å². The summed E-state index contributed by atoms with van der Waals surface area (Å²) < 4.78 is 0. The highest BCUT2D eigenvalue weighted by atomic mass is 16.2. The first-order valence-corrected chi connectivity index (χ1v) is 6.58. The van der Waals surface area contributed by atoms with E-state index in [1.54, 1.807) is 0 Å². The number of nitrogens with one attached hydrogen (secondary N) is 1. The lowest BCUT2D eigenvalue weighted by Crippen LogP contribution is -2.06. The number of aliphatic hydroxyl groups is 1. The average molecular weight is 217 g/mol. The summed E-state index contributed by atoms with van der Waals surface area (Å²) in [7, 11) is 2.02. The number of rotatable bonds is 9. The quantitative estimate of drug-likeness (QED) is 0.581. The van der Waals surface area contributed by atoms with E-state index in [1.807, 2.05) is 7.05 Å². The van der Waals surface area contributed by atoms with E-state index in [2.05, 4.69) is 19.2 Å². The Morgan fingerprint density at radius 1 is 0.800 bits per heavy atom. The van der Waals surface area contributed by atoms with Gasteiger partial charge in [-0.25, -0.2) is 0 Å². The third-order valence-corrected chi connectivity index (χ3v) is 2.29. The van der Waals surface area contributed by atoms with Crippen LogP contribution in [0.25, 0.3) is 0 Å². The van der Waals surface area contributed by atoms with Crippen LogP contribution >= 0.6 is 0 Å². The molecule has 0 unspecified atom stereocenters. The van der Waals surface area contributed by atoms with Crippen molar-refractivity contribution in [2.75, 3.05) is 20.2 Å². The van der Waals surface area contributed by atoms with Crippen molar-refractivity contribution in [1.29, 1.82) is 0 Å². The lowest BCUT2D eigenvalue weighted by molar-refractivity contribution is 0.287. The Hall–Kier alpha value is -0.0800. The van der Waals surface area contributed by atoms with Crippen LogP contribution in [0.15, 0.2) is 0 Å². The molecule has 0 heterocycles. The minimum atomic E-state index is 0.344. The monoisotopic (exact) mass is 217 g/mol. The lowest BCUT2D eigenvalue weighted by Gasteiger charge is -1.98. The van der Waals surface area contributed by atoms with Gasteiger partial charge in [0.25, 0.3) is 0 Å². The molecule has 0 radical (unpaired) electrons. The molecule has 0 amide bonds. The van der Waals surface area contributed by atoms with Crippen LogP contribution in [0.1, 0.15) is 65.2 Å². The summed E-state index contributed by atoms with van der Waals surface area (Å²) in [5.41, 5.74) is 0. The van der Waals surface area contributed by atoms with E-state index in [9.17, 15) is 0 Å². The second kappa shape index (κ2) is 19.5. The predicted molar refractivity (Wildman–Crippen MR) is 69.3 cm³/mol. The molecule has 2 nitrogen and oxygen atoms in total. The van der Waals surface area contributed by atoms with Gasteiger partial charge in [-0.1, -0.05) is 52.4 Å². The van der Waals surface area contributed by atoms with Crippen molar-refractivity contribution in [3.8, 4) is 0 Å². The predicted octanol–water partition coefficient (Wildman–Crippen LogP) is 3.35. The van der Waals surface area contributed by atoms with Gasteiger partial charge in [-0.2, -0.15) is 0 Å². The van der Waals surface area contributed by atoms with E-state index in [0.717, 1.165) is 12.8 Å². The normalized spacial score (nSPS) is 9.60. The van der Waals surface area contributed by atoms with Gasteiger partial charge in [0.15, 0.2) is 0 Å². The standard InChI is InChI=1S/C9H21N.C4H10O/c1-3-4-5-6-7-8-9-10-2;1-2-3-4-5/h10H,3-9H2,1-2H3;5H,2-4H2,1H3. The fraction of sp³-hybridized carbons (Fsp3) is 1.00. The van der Waals surface area contributed by atoms with Crippen molar-refractivity contribution < 1.29 is 5.11 Å². The summed E-state index contributed by atoms with van der Waals surface area (Å²) in [4.78, 5) is 0. The van der Waals surface area contributed by atoms with Crippen LogP contribution < -0.4 is 5.32 Å². The average Bonchev–Trinajstić information content (AvgIpc) is 2.25. The van der Waals surface area contributed by atoms with Crippen molar-refractivity contribution in [2.45, 2.75) is 65.2 Å². The fourth-order valence-electron chi connectivity index (χ4n) is 1.24. The summed E-state index contributed by atoms with van der Waals surface area (Å²) in [6.45, 7) is 5.84. The summed E-state index contributed by atoms with van der Waals surface area (Å²) in [6.07, 6.45) is 10.4. The Kier molecular flexibility index (Phi) is 22.5. The van der Waals surface area contributed by atoms with Crippen LogP contribution in [-0.2, 0) is 0 Å². The minimum Gasteiger partial charge on any atom is -0.396 e. The molecule has 0 fully saturated rings. The molecule has 0 spiro atoms. The van der Waals surface area contributed by atoms with Gasteiger partial charge < -0.3 is 10.4 Å². The fourth-order valence-corrected chi connectivity index (χ4v) is 1.24. The third kappa shape index (κ3) is 24.9. The van der Waals surface area contributed by atoms with E-state index in [-0.39, 0.29) is 0 Å². The summed E-state index contributed by atoms with van der Waals surface area (Å²) in [5, 5.41) is 11.2. The number of unbranched alkanes of at least 4 members (excludes halogenated alkanes) is 6. The largest absolute Gasteiger partial charge is 0.396 e.